The lowest BCUT2D eigenvalue weighted by Gasteiger charge is -2.34. The zero-order valence-electron chi connectivity index (χ0n) is 15.2. The molecular weight excluding hydrogens is 360 g/mol. The standard InChI is InChI=1S/C20H22N4O2S/c1-24-12-15-5-3-2-4-14(15)10-17(24)11-21-18(25)6-7-19-22-23-20(26-19)16-8-9-27-13-16/h2-5,8-9,13,17H,6-7,10-12H2,1H3,(H,21,25)/t17-/m1/s1. The van der Waals surface area contributed by atoms with Gasteiger partial charge in [0, 0.05) is 42.9 Å². The first kappa shape index (κ1) is 17.9. The van der Waals surface area contributed by atoms with E-state index in [0.29, 0.717) is 37.2 Å². The fourth-order valence-corrected chi connectivity index (χ4v) is 3.97. The molecule has 0 unspecified atom stereocenters. The van der Waals surface area contributed by atoms with E-state index in [1.54, 1.807) is 11.3 Å². The molecule has 1 amide bonds. The minimum Gasteiger partial charge on any atom is -0.421 e. The zero-order chi connectivity index (χ0) is 18.6. The van der Waals surface area contributed by atoms with Gasteiger partial charge in [0.05, 0.1) is 0 Å². The molecule has 1 N–H and O–H groups in total. The van der Waals surface area contributed by atoms with Crippen LogP contribution in [0.5, 0.6) is 0 Å². The second-order valence-corrected chi connectivity index (χ2v) is 7.64. The van der Waals surface area contributed by atoms with Gasteiger partial charge in [-0.25, -0.2) is 0 Å². The second kappa shape index (κ2) is 8.02. The highest BCUT2D eigenvalue weighted by Crippen LogP contribution is 2.22. The van der Waals surface area contributed by atoms with Crippen LogP contribution >= 0.6 is 11.3 Å². The van der Waals surface area contributed by atoms with Crippen molar-refractivity contribution >= 4 is 17.2 Å². The van der Waals surface area contributed by atoms with Crippen LogP contribution in [0.2, 0.25) is 0 Å². The summed E-state index contributed by atoms with van der Waals surface area (Å²) in [6.07, 6.45) is 1.76. The lowest BCUT2D eigenvalue weighted by molar-refractivity contribution is -0.121. The maximum atomic E-state index is 12.2. The first-order valence-corrected chi connectivity index (χ1v) is 10.0. The summed E-state index contributed by atoms with van der Waals surface area (Å²) in [6.45, 7) is 1.57. The molecule has 3 aromatic rings. The molecule has 7 heteroatoms. The Morgan fingerprint density at radius 3 is 2.96 bits per heavy atom. The van der Waals surface area contributed by atoms with Crippen LogP contribution in [0.1, 0.15) is 23.4 Å². The molecule has 2 aromatic heterocycles. The molecule has 1 aliphatic heterocycles. The van der Waals surface area contributed by atoms with E-state index in [1.165, 1.54) is 11.1 Å². The number of thiophene rings is 1. The van der Waals surface area contributed by atoms with E-state index >= 15 is 0 Å². The summed E-state index contributed by atoms with van der Waals surface area (Å²) in [6, 6.07) is 10.8. The summed E-state index contributed by atoms with van der Waals surface area (Å²) in [7, 11) is 2.11. The van der Waals surface area contributed by atoms with Gasteiger partial charge < -0.3 is 9.73 Å². The largest absolute Gasteiger partial charge is 0.421 e. The predicted molar refractivity (Wildman–Crippen MR) is 104 cm³/mol. The second-order valence-electron chi connectivity index (χ2n) is 6.86. The molecule has 3 heterocycles. The van der Waals surface area contributed by atoms with E-state index in [-0.39, 0.29) is 5.91 Å². The van der Waals surface area contributed by atoms with Gasteiger partial charge >= 0.3 is 0 Å². The molecular formula is C20H22N4O2S. The number of aryl methyl sites for hydroxylation is 1. The normalized spacial score (nSPS) is 16.9. The molecule has 27 heavy (non-hydrogen) atoms. The van der Waals surface area contributed by atoms with E-state index in [4.69, 9.17) is 4.42 Å². The molecule has 0 bridgehead atoms. The number of benzene rings is 1. The van der Waals surface area contributed by atoms with Gasteiger partial charge in [0.2, 0.25) is 17.7 Å². The molecule has 1 atom stereocenters. The van der Waals surface area contributed by atoms with Crippen molar-refractivity contribution in [2.24, 2.45) is 0 Å². The van der Waals surface area contributed by atoms with Crippen molar-refractivity contribution in [1.29, 1.82) is 0 Å². The van der Waals surface area contributed by atoms with Crippen molar-refractivity contribution in [3.8, 4) is 11.5 Å². The molecule has 1 aromatic carbocycles. The summed E-state index contributed by atoms with van der Waals surface area (Å²) in [5.41, 5.74) is 3.67. The number of carbonyl (C=O) groups is 1. The first-order chi connectivity index (χ1) is 13.2. The van der Waals surface area contributed by atoms with Crippen molar-refractivity contribution in [1.82, 2.24) is 20.4 Å². The fraction of sp³-hybridized carbons (Fsp3) is 0.350. The van der Waals surface area contributed by atoms with Crippen LogP contribution in [0.15, 0.2) is 45.5 Å². The maximum Gasteiger partial charge on any atom is 0.248 e. The molecule has 1 aliphatic rings. The highest BCUT2D eigenvalue weighted by Gasteiger charge is 2.23. The Labute approximate surface area is 162 Å². The molecule has 0 saturated carbocycles. The summed E-state index contributed by atoms with van der Waals surface area (Å²) in [5.74, 6) is 1.02. The van der Waals surface area contributed by atoms with Gasteiger partial charge in [-0.3, -0.25) is 9.69 Å². The number of aromatic nitrogens is 2. The van der Waals surface area contributed by atoms with Gasteiger partial charge in [-0.1, -0.05) is 24.3 Å². The summed E-state index contributed by atoms with van der Waals surface area (Å²) in [5, 5.41) is 15.0. The lowest BCUT2D eigenvalue weighted by atomic mass is 9.94. The number of likely N-dealkylation sites (N-methyl/N-ethyl adjacent to an activating group) is 1. The first-order valence-electron chi connectivity index (χ1n) is 9.07. The molecule has 0 radical (unpaired) electrons. The van der Waals surface area contributed by atoms with Crippen LogP contribution in [0.4, 0.5) is 0 Å². The number of carbonyl (C=O) groups excluding carboxylic acids is 1. The third-order valence-corrected chi connectivity index (χ3v) is 5.64. The van der Waals surface area contributed by atoms with Crippen LogP contribution in [-0.2, 0) is 24.2 Å². The smallest absolute Gasteiger partial charge is 0.248 e. The molecule has 0 aliphatic carbocycles. The number of fused-ring (bicyclic) bond motifs is 1. The Morgan fingerprint density at radius 1 is 1.30 bits per heavy atom. The van der Waals surface area contributed by atoms with E-state index in [9.17, 15) is 4.79 Å². The van der Waals surface area contributed by atoms with Gasteiger partial charge in [0.1, 0.15) is 0 Å². The molecule has 4 rings (SSSR count). The lowest BCUT2D eigenvalue weighted by Crippen LogP contribution is -2.45. The number of hydrogen-bond acceptors (Lipinski definition) is 6. The maximum absolute atomic E-state index is 12.2. The zero-order valence-corrected chi connectivity index (χ0v) is 16.0. The summed E-state index contributed by atoms with van der Waals surface area (Å²) in [4.78, 5) is 14.5. The molecule has 0 fully saturated rings. The average Bonchev–Trinajstić information content (AvgIpc) is 3.36. The topological polar surface area (TPSA) is 71.3 Å². The van der Waals surface area contributed by atoms with Gasteiger partial charge in [0.15, 0.2) is 0 Å². The molecule has 0 saturated heterocycles. The minimum absolute atomic E-state index is 0.0116. The van der Waals surface area contributed by atoms with Crippen molar-refractivity contribution in [3.05, 3.63) is 58.1 Å². The number of amides is 1. The minimum atomic E-state index is 0.0116. The van der Waals surface area contributed by atoms with Gasteiger partial charge in [-0.15, -0.1) is 10.2 Å². The van der Waals surface area contributed by atoms with E-state index < -0.39 is 0 Å². The van der Waals surface area contributed by atoms with Crippen molar-refractivity contribution < 1.29 is 9.21 Å². The highest BCUT2D eigenvalue weighted by molar-refractivity contribution is 7.08. The third-order valence-electron chi connectivity index (χ3n) is 4.95. The van der Waals surface area contributed by atoms with Crippen molar-refractivity contribution in [2.45, 2.75) is 31.8 Å². The number of nitrogens with one attached hydrogen (secondary N) is 1. The van der Waals surface area contributed by atoms with Crippen LogP contribution in [0.3, 0.4) is 0 Å². The third kappa shape index (κ3) is 4.26. The fourth-order valence-electron chi connectivity index (χ4n) is 3.34. The molecule has 0 spiro atoms. The van der Waals surface area contributed by atoms with Crippen LogP contribution in [0, 0.1) is 0 Å². The van der Waals surface area contributed by atoms with Crippen molar-refractivity contribution in [3.63, 3.8) is 0 Å². The molecule has 140 valence electrons. The van der Waals surface area contributed by atoms with E-state index in [0.717, 1.165) is 18.5 Å². The van der Waals surface area contributed by atoms with Crippen LogP contribution in [-0.4, -0.2) is 40.6 Å². The highest BCUT2D eigenvalue weighted by atomic mass is 32.1. The van der Waals surface area contributed by atoms with Crippen molar-refractivity contribution in [2.75, 3.05) is 13.6 Å². The predicted octanol–water partition coefficient (Wildman–Crippen LogP) is 2.90. The monoisotopic (exact) mass is 382 g/mol. The summed E-state index contributed by atoms with van der Waals surface area (Å²) < 4.78 is 5.63. The Hall–Kier alpha value is -2.51. The summed E-state index contributed by atoms with van der Waals surface area (Å²) >= 11 is 1.58. The average molecular weight is 382 g/mol. The van der Waals surface area contributed by atoms with E-state index in [1.807, 2.05) is 16.8 Å². The van der Waals surface area contributed by atoms with Gasteiger partial charge in [-0.2, -0.15) is 11.3 Å². The number of rotatable bonds is 6. The number of hydrogen-bond donors (Lipinski definition) is 1. The Kier molecular flexibility index (Phi) is 5.31. The Balaban J connectivity index is 1.25. The Morgan fingerprint density at radius 2 is 2.15 bits per heavy atom. The molecule has 6 nitrogen and oxygen atoms in total. The van der Waals surface area contributed by atoms with Crippen LogP contribution in [0.25, 0.3) is 11.5 Å². The quantitative estimate of drug-likeness (QED) is 0.710. The van der Waals surface area contributed by atoms with Crippen LogP contribution < -0.4 is 5.32 Å². The number of nitrogens with zero attached hydrogens (tertiary/aromatic N) is 3. The Bertz CT molecular complexity index is 906. The SMILES string of the molecule is CN1Cc2ccccc2C[C@@H]1CNC(=O)CCc1nnc(-c2ccsc2)o1. The van der Waals surface area contributed by atoms with E-state index in [2.05, 4.69) is 51.7 Å². The van der Waals surface area contributed by atoms with Gasteiger partial charge in [-0.05, 0) is 36.0 Å². The van der Waals surface area contributed by atoms with Gasteiger partial charge in [0.25, 0.3) is 0 Å².